The maximum Gasteiger partial charge on any atom is 0.0493 e. The molecule has 0 aromatic heterocycles. The summed E-state index contributed by atoms with van der Waals surface area (Å²) in [6.45, 7) is 13.5. The first-order valence-electron chi connectivity index (χ1n) is 10.2. The fraction of sp³-hybridized carbons (Fsp3) is 1.00. The fourth-order valence-corrected chi connectivity index (χ4v) is 6.35. The first-order chi connectivity index (χ1) is 12.1. The summed E-state index contributed by atoms with van der Waals surface area (Å²) >= 11 is 0. The SMILES string of the molecule is CCC(C)(CC[C@@H]1[C@@]2(C)CCCC(C)(C)[C@@H]2CC[C@]1(C)N=[N+]=[N-])N=[N+]=[N-]. The highest BCUT2D eigenvalue weighted by molar-refractivity contribution is 5.10. The number of fused-ring (bicyclic) bond motifs is 1. The van der Waals surface area contributed by atoms with E-state index in [1.165, 1.54) is 19.3 Å². The summed E-state index contributed by atoms with van der Waals surface area (Å²) in [5, 5.41) is 8.42. The topological polar surface area (TPSA) is 97.5 Å². The number of nitrogens with zero attached hydrogens (tertiary/aromatic N) is 6. The van der Waals surface area contributed by atoms with Crippen LogP contribution in [0.25, 0.3) is 20.9 Å². The van der Waals surface area contributed by atoms with Crippen molar-refractivity contribution in [2.45, 2.75) is 104 Å². The van der Waals surface area contributed by atoms with E-state index in [0.717, 1.165) is 32.1 Å². The molecule has 0 saturated heterocycles. The molecule has 1 unspecified atom stereocenters. The van der Waals surface area contributed by atoms with Gasteiger partial charge in [0.1, 0.15) is 0 Å². The Kier molecular flexibility index (Phi) is 5.90. The molecule has 5 atom stereocenters. The van der Waals surface area contributed by atoms with Crippen LogP contribution in [0.15, 0.2) is 10.2 Å². The van der Waals surface area contributed by atoms with Gasteiger partial charge in [-0.05, 0) is 78.7 Å². The maximum atomic E-state index is 9.23. The Hall–Kier alpha value is -1.38. The highest BCUT2D eigenvalue weighted by Crippen LogP contribution is 2.64. The van der Waals surface area contributed by atoms with Gasteiger partial charge in [-0.1, -0.05) is 58.2 Å². The van der Waals surface area contributed by atoms with Crippen molar-refractivity contribution in [1.29, 1.82) is 0 Å². The Labute approximate surface area is 158 Å². The molecular weight excluding hydrogens is 324 g/mol. The van der Waals surface area contributed by atoms with E-state index in [-0.39, 0.29) is 16.5 Å². The summed E-state index contributed by atoms with van der Waals surface area (Å²) in [6, 6.07) is 0. The van der Waals surface area contributed by atoms with Crippen LogP contribution < -0.4 is 0 Å². The number of hydrogen-bond acceptors (Lipinski definition) is 2. The summed E-state index contributed by atoms with van der Waals surface area (Å²) in [6.07, 6.45) is 8.43. The van der Waals surface area contributed by atoms with Crippen molar-refractivity contribution < 1.29 is 0 Å². The van der Waals surface area contributed by atoms with Crippen LogP contribution in [-0.4, -0.2) is 11.1 Å². The van der Waals surface area contributed by atoms with E-state index in [1.54, 1.807) is 0 Å². The summed E-state index contributed by atoms with van der Waals surface area (Å²) in [7, 11) is 0. The maximum absolute atomic E-state index is 9.23. The lowest BCUT2D eigenvalue weighted by Gasteiger charge is -2.62. The highest BCUT2D eigenvalue weighted by Gasteiger charge is 2.57. The lowest BCUT2D eigenvalue weighted by Crippen LogP contribution is -2.57. The molecule has 0 heterocycles. The molecule has 0 bridgehead atoms. The van der Waals surface area contributed by atoms with Crippen LogP contribution in [0.5, 0.6) is 0 Å². The molecule has 6 heteroatoms. The third-order valence-corrected chi connectivity index (χ3v) is 8.05. The summed E-state index contributed by atoms with van der Waals surface area (Å²) in [5.74, 6) is 0.979. The quantitative estimate of drug-likeness (QED) is 0.265. The minimum absolute atomic E-state index is 0.175. The Bertz CT molecular complexity index is 618. The average molecular weight is 361 g/mol. The molecule has 2 aliphatic rings. The zero-order valence-corrected chi connectivity index (χ0v) is 17.5. The molecular formula is C20H36N6. The first-order valence-corrected chi connectivity index (χ1v) is 10.2. The minimum atomic E-state index is -0.362. The van der Waals surface area contributed by atoms with Crippen molar-refractivity contribution >= 4 is 0 Å². The van der Waals surface area contributed by atoms with Crippen LogP contribution in [0.4, 0.5) is 0 Å². The molecule has 6 nitrogen and oxygen atoms in total. The van der Waals surface area contributed by atoms with Gasteiger partial charge < -0.3 is 0 Å². The van der Waals surface area contributed by atoms with Gasteiger partial charge in [0.25, 0.3) is 0 Å². The molecule has 0 amide bonds. The molecule has 0 N–H and O–H groups in total. The van der Waals surface area contributed by atoms with Crippen LogP contribution in [0.2, 0.25) is 0 Å². The number of hydrogen-bond donors (Lipinski definition) is 0. The van der Waals surface area contributed by atoms with Crippen molar-refractivity contribution in [2.24, 2.45) is 32.9 Å². The lowest BCUT2D eigenvalue weighted by molar-refractivity contribution is -0.105. The predicted molar refractivity (Wildman–Crippen MR) is 107 cm³/mol. The molecule has 2 aliphatic carbocycles. The second-order valence-electron chi connectivity index (χ2n) is 10.1. The second-order valence-corrected chi connectivity index (χ2v) is 10.1. The molecule has 2 saturated carbocycles. The Morgan fingerprint density at radius 3 is 2.35 bits per heavy atom. The molecule has 146 valence electrons. The van der Waals surface area contributed by atoms with Crippen molar-refractivity contribution in [3.63, 3.8) is 0 Å². The van der Waals surface area contributed by atoms with Crippen molar-refractivity contribution in [1.82, 2.24) is 0 Å². The molecule has 2 fully saturated rings. The van der Waals surface area contributed by atoms with Crippen LogP contribution in [0.3, 0.4) is 0 Å². The number of azide groups is 2. The molecule has 2 rings (SSSR count). The van der Waals surface area contributed by atoms with E-state index in [2.05, 4.69) is 54.7 Å². The first kappa shape index (κ1) is 20.9. The van der Waals surface area contributed by atoms with Gasteiger partial charge in [0, 0.05) is 20.9 Å². The summed E-state index contributed by atoms with van der Waals surface area (Å²) in [4.78, 5) is 6.31. The van der Waals surface area contributed by atoms with Gasteiger partial charge in [-0.3, -0.25) is 0 Å². The lowest BCUT2D eigenvalue weighted by atomic mass is 9.44. The molecule has 0 aliphatic heterocycles. The van der Waals surface area contributed by atoms with E-state index in [1.807, 2.05) is 6.92 Å². The van der Waals surface area contributed by atoms with Crippen molar-refractivity contribution in [3.05, 3.63) is 20.9 Å². The standard InChI is InChI=1S/C20H36N6/c1-7-18(4,23-25-21)13-9-16-19(5)12-8-11-17(2,3)15(19)10-14-20(16,6)24-26-22/h15-16H,7-14H2,1-6H3/t15-,16+,18?,19-,20-/m0/s1. The van der Waals surface area contributed by atoms with E-state index in [4.69, 9.17) is 5.53 Å². The molecule has 0 radical (unpaired) electrons. The molecule has 0 spiro atoms. The van der Waals surface area contributed by atoms with Gasteiger partial charge in [-0.2, -0.15) is 0 Å². The van der Waals surface area contributed by atoms with Crippen LogP contribution in [-0.2, 0) is 0 Å². The van der Waals surface area contributed by atoms with E-state index in [9.17, 15) is 5.53 Å². The molecule has 0 aromatic carbocycles. The third-order valence-electron chi connectivity index (χ3n) is 8.05. The van der Waals surface area contributed by atoms with Crippen LogP contribution >= 0.6 is 0 Å². The Morgan fingerprint density at radius 1 is 1.08 bits per heavy atom. The third kappa shape index (κ3) is 3.68. The number of rotatable bonds is 6. The van der Waals surface area contributed by atoms with Crippen LogP contribution in [0.1, 0.15) is 92.9 Å². The van der Waals surface area contributed by atoms with Crippen LogP contribution in [0, 0.1) is 22.7 Å². The van der Waals surface area contributed by atoms with Gasteiger partial charge in [0.15, 0.2) is 0 Å². The molecule has 26 heavy (non-hydrogen) atoms. The Morgan fingerprint density at radius 2 is 1.77 bits per heavy atom. The summed E-state index contributed by atoms with van der Waals surface area (Å²) < 4.78 is 0. The van der Waals surface area contributed by atoms with Gasteiger partial charge in [0.2, 0.25) is 0 Å². The zero-order valence-electron chi connectivity index (χ0n) is 17.5. The minimum Gasteiger partial charge on any atom is -0.0876 e. The largest absolute Gasteiger partial charge is 0.0876 e. The van der Waals surface area contributed by atoms with Gasteiger partial charge in [0.05, 0.1) is 0 Å². The highest BCUT2D eigenvalue weighted by atomic mass is 15.2. The van der Waals surface area contributed by atoms with E-state index >= 15 is 0 Å². The smallest absolute Gasteiger partial charge is 0.0493 e. The van der Waals surface area contributed by atoms with Gasteiger partial charge in [-0.25, -0.2) is 0 Å². The molecule has 0 aromatic rings. The van der Waals surface area contributed by atoms with E-state index < -0.39 is 0 Å². The monoisotopic (exact) mass is 360 g/mol. The predicted octanol–water partition coefficient (Wildman–Crippen LogP) is 7.56. The van der Waals surface area contributed by atoms with Crippen molar-refractivity contribution in [2.75, 3.05) is 0 Å². The van der Waals surface area contributed by atoms with Gasteiger partial charge >= 0.3 is 0 Å². The normalized spacial score (nSPS) is 38.2. The Balaban J connectivity index is 2.40. The zero-order chi connectivity index (χ0) is 19.6. The second kappa shape index (κ2) is 7.32. The fourth-order valence-electron chi connectivity index (χ4n) is 6.35. The average Bonchev–Trinajstić information content (AvgIpc) is 2.53. The summed E-state index contributed by atoms with van der Waals surface area (Å²) in [5.41, 5.74) is 18.0. The van der Waals surface area contributed by atoms with Gasteiger partial charge in [-0.15, -0.1) is 0 Å². The van der Waals surface area contributed by atoms with E-state index in [0.29, 0.717) is 17.3 Å². The van der Waals surface area contributed by atoms with Crippen molar-refractivity contribution in [3.8, 4) is 0 Å².